The summed E-state index contributed by atoms with van der Waals surface area (Å²) >= 11 is 6.71. The lowest BCUT2D eigenvalue weighted by Crippen LogP contribution is -2.39. The van der Waals surface area contributed by atoms with Crippen LogP contribution in [0.25, 0.3) is 0 Å². The second-order valence-electron chi connectivity index (χ2n) is 7.87. The van der Waals surface area contributed by atoms with Crippen molar-refractivity contribution >= 4 is 45.7 Å². The molecule has 2 N–H and O–H groups in total. The molecule has 0 aliphatic rings. The number of rotatable bonds is 6. The SMILES string of the molecule is CCc1ccc(N=C(SCC(=O)Nc2cc(C(F)(F)F)ccc2Cl)c2c(O)n(C)c(=O)n(C)c2=O)cc1. The summed E-state index contributed by atoms with van der Waals surface area (Å²) in [6, 6.07) is 9.54. The van der Waals surface area contributed by atoms with Crippen LogP contribution in [-0.2, 0) is 31.5 Å². The Morgan fingerprint density at radius 1 is 1.11 bits per heavy atom. The van der Waals surface area contributed by atoms with Crippen molar-refractivity contribution in [1.29, 1.82) is 0 Å². The van der Waals surface area contributed by atoms with Gasteiger partial charge in [-0.05, 0) is 42.3 Å². The maximum absolute atomic E-state index is 13.0. The first-order chi connectivity index (χ1) is 17.3. The maximum Gasteiger partial charge on any atom is 0.416 e. The lowest BCUT2D eigenvalue weighted by Gasteiger charge is -2.13. The first-order valence-electron chi connectivity index (χ1n) is 10.8. The summed E-state index contributed by atoms with van der Waals surface area (Å²) in [4.78, 5) is 42.1. The van der Waals surface area contributed by atoms with E-state index in [1.54, 1.807) is 12.1 Å². The van der Waals surface area contributed by atoms with Crippen LogP contribution in [0.2, 0.25) is 5.02 Å². The number of nitrogens with one attached hydrogen (secondary N) is 1. The Labute approximate surface area is 218 Å². The lowest BCUT2D eigenvalue weighted by atomic mass is 10.1. The zero-order valence-corrected chi connectivity index (χ0v) is 21.5. The minimum atomic E-state index is -4.63. The molecule has 1 heterocycles. The van der Waals surface area contributed by atoms with Crippen LogP contribution in [0.15, 0.2) is 57.0 Å². The molecule has 1 amide bonds. The highest BCUT2D eigenvalue weighted by Crippen LogP contribution is 2.34. The largest absolute Gasteiger partial charge is 0.494 e. The highest BCUT2D eigenvalue weighted by atomic mass is 35.5. The van der Waals surface area contributed by atoms with Crippen LogP contribution < -0.4 is 16.6 Å². The van der Waals surface area contributed by atoms with E-state index in [4.69, 9.17) is 11.6 Å². The topological polar surface area (TPSA) is 106 Å². The van der Waals surface area contributed by atoms with Crippen LogP contribution in [0.1, 0.15) is 23.6 Å². The van der Waals surface area contributed by atoms with Crippen molar-refractivity contribution in [1.82, 2.24) is 9.13 Å². The number of carbonyl (C=O) groups excluding carboxylic acids is 1. The molecule has 0 spiro atoms. The number of aromatic nitrogens is 2. The molecular formula is C24H22ClF3N4O4S. The molecule has 0 saturated heterocycles. The lowest BCUT2D eigenvalue weighted by molar-refractivity contribution is -0.137. The third kappa shape index (κ3) is 6.44. The number of thioether (sulfide) groups is 1. The van der Waals surface area contributed by atoms with Gasteiger partial charge in [-0.2, -0.15) is 13.2 Å². The van der Waals surface area contributed by atoms with Gasteiger partial charge in [-0.15, -0.1) is 0 Å². The number of benzene rings is 2. The second kappa shape index (κ2) is 11.3. The van der Waals surface area contributed by atoms with E-state index in [1.807, 2.05) is 19.1 Å². The minimum absolute atomic E-state index is 0.0664. The number of anilines is 1. The van der Waals surface area contributed by atoms with E-state index in [-0.39, 0.29) is 21.3 Å². The molecule has 0 radical (unpaired) electrons. The highest BCUT2D eigenvalue weighted by Gasteiger charge is 2.31. The number of aliphatic imine (C=N–C) groups is 1. The monoisotopic (exact) mass is 554 g/mol. The quantitative estimate of drug-likeness (QED) is 0.345. The van der Waals surface area contributed by atoms with E-state index >= 15 is 0 Å². The van der Waals surface area contributed by atoms with Gasteiger partial charge in [0.2, 0.25) is 11.8 Å². The molecule has 0 fully saturated rings. The number of nitrogens with zero attached hydrogens (tertiary/aromatic N) is 3. The predicted molar refractivity (Wildman–Crippen MR) is 138 cm³/mol. The van der Waals surface area contributed by atoms with E-state index in [9.17, 15) is 32.7 Å². The normalized spacial score (nSPS) is 12.0. The number of aromatic hydroxyl groups is 1. The van der Waals surface area contributed by atoms with Crippen molar-refractivity contribution in [3.05, 3.63) is 85.0 Å². The maximum atomic E-state index is 13.0. The standard InChI is InChI=1S/C24H22ClF3N4O4S/c1-4-13-5-8-15(9-6-13)29-20(19-21(34)31(2)23(36)32(3)22(19)35)37-12-18(33)30-17-11-14(24(26,27)28)7-10-16(17)25/h5-11,34H,4,12H2,1-3H3,(H,30,33). The van der Waals surface area contributed by atoms with Gasteiger partial charge in [0, 0.05) is 14.1 Å². The minimum Gasteiger partial charge on any atom is -0.494 e. The predicted octanol–water partition coefficient (Wildman–Crippen LogP) is 4.47. The molecule has 0 aliphatic heterocycles. The fourth-order valence-corrected chi connectivity index (χ4v) is 4.22. The molecule has 3 aromatic rings. The van der Waals surface area contributed by atoms with Gasteiger partial charge in [0.15, 0.2) is 0 Å². The average molecular weight is 555 g/mol. The van der Waals surface area contributed by atoms with E-state index in [0.717, 1.165) is 45.0 Å². The fourth-order valence-electron chi connectivity index (χ4n) is 3.22. The summed E-state index contributed by atoms with van der Waals surface area (Å²) in [5.74, 6) is -1.78. The number of carbonyl (C=O) groups is 1. The Kier molecular flexibility index (Phi) is 8.54. The number of hydrogen-bond donors (Lipinski definition) is 2. The van der Waals surface area contributed by atoms with Crippen LogP contribution in [-0.4, -0.2) is 30.9 Å². The summed E-state index contributed by atoms with van der Waals surface area (Å²) in [6.07, 6.45) is -3.85. The van der Waals surface area contributed by atoms with Gasteiger partial charge in [0.25, 0.3) is 5.56 Å². The number of hydrogen-bond acceptors (Lipinski definition) is 6. The van der Waals surface area contributed by atoms with Crippen molar-refractivity contribution in [3.8, 4) is 5.88 Å². The van der Waals surface area contributed by atoms with Crippen LogP contribution >= 0.6 is 23.4 Å². The van der Waals surface area contributed by atoms with Crippen molar-refractivity contribution in [3.63, 3.8) is 0 Å². The fraction of sp³-hybridized carbons (Fsp3) is 0.250. The van der Waals surface area contributed by atoms with Gasteiger partial charge < -0.3 is 10.4 Å². The Bertz CT molecular complexity index is 1480. The summed E-state index contributed by atoms with van der Waals surface area (Å²) in [6.45, 7) is 1.97. The average Bonchev–Trinajstić information content (AvgIpc) is 2.85. The van der Waals surface area contributed by atoms with E-state index in [1.165, 1.54) is 14.1 Å². The zero-order chi connectivity index (χ0) is 27.5. The molecular weight excluding hydrogens is 533 g/mol. The van der Waals surface area contributed by atoms with Crippen molar-refractivity contribution in [2.24, 2.45) is 19.1 Å². The Morgan fingerprint density at radius 3 is 2.35 bits per heavy atom. The third-order valence-corrected chi connectivity index (χ3v) is 6.64. The molecule has 37 heavy (non-hydrogen) atoms. The molecule has 13 heteroatoms. The first kappa shape index (κ1) is 28.1. The van der Waals surface area contributed by atoms with E-state index in [2.05, 4.69) is 10.3 Å². The van der Waals surface area contributed by atoms with E-state index < -0.39 is 40.5 Å². The Balaban J connectivity index is 1.97. The van der Waals surface area contributed by atoms with E-state index in [0.29, 0.717) is 11.8 Å². The van der Waals surface area contributed by atoms with Crippen molar-refractivity contribution in [2.45, 2.75) is 19.5 Å². The van der Waals surface area contributed by atoms with Crippen molar-refractivity contribution in [2.75, 3.05) is 11.1 Å². The molecule has 0 bridgehead atoms. The van der Waals surface area contributed by atoms with Crippen molar-refractivity contribution < 1.29 is 23.1 Å². The Hall–Kier alpha value is -3.51. The van der Waals surface area contributed by atoms with Crippen LogP contribution in [0.3, 0.4) is 0 Å². The molecule has 2 aromatic carbocycles. The molecule has 0 unspecified atom stereocenters. The molecule has 0 saturated carbocycles. The smallest absolute Gasteiger partial charge is 0.416 e. The molecule has 1 aromatic heterocycles. The summed E-state index contributed by atoms with van der Waals surface area (Å²) < 4.78 is 40.8. The second-order valence-corrected chi connectivity index (χ2v) is 9.24. The van der Waals surface area contributed by atoms with Crippen LogP contribution in [0.4, 0.5) is 24.5 Å². The zero-order valence-electron chi connectivity index (χ0n) is 19.9. The van der Waals surface area contributed by atoms with Gasteiger partial charge in [0.05, 0.1) is 27.7 Å². The van der Waals surface area contributed by atoms with Gasteiger partial charge >= 0.3 is 11.9 Å². The summed E-state index contributed by atoms with van der Waals surface area (Å²) in [7, 11) is 2.50. The Morgan fingerprint density at radius 2 is 1.76 bits per heavy atom. The van der Waals surface area contributed by atoms with Crippen LogP contribution in [0, 0.1) is 0 Å². The number of halogens is 4. The van der Waals surface area contributed by atoms with Gasteiger partial charge in [-0.3, -0.25) is 18.7 Å². The summed E-state index contributed by atoms with van der Waals surface area (Å²) in [5, 5.41) is 12.7. The highest BCUT2D eigenvalue weighted by molar-refractivity contribution is 8.15. The number of aryl methyl sites for hydroxylation is 1. The first-order valence-corrected chi connectivity index (χ1v) is 12.2. The van der Waals surface area contributed by atoms with Gasteiger partial charge in [0.1, 0.15) is 10.6 Å². The van der Waals surface area contributed by atoms with Gasteiger partial charge in [-0.25, -0.2) is 9.79 Å². The molecule has 196 valence electrons. The molecule has 8 nitrogen and oxygen atoms in total. The number of alkyl halides is 3. The molecule has 0 aliphatic carbocycles. The summed E-state index contributed by atoms with van der Waals surface area (Å²) in [5.41, 5.74) is -1.69. The molecule has 3 rings (SSSR count). The third-order valence-electron chi connectivity index (χ3n) is 5.33. The van der Waals surface area contributed by atoms with Crippen LogP contribution in [0.5, 0.6) is 5.88 Å². The van der Waals surface area contributed by atoms with Gasteiger partial charge in [-0.1, -0.05) is 42.4 Å². The number of amides is 1. The molecule has 0 atom stereocenters.